The average Bonchev–Trinajstić information content (AvgIpc) is 2.99. The van der Waals surface area contributed by atoms with Gasteiger partial charge >= 0.3 is 0 Å². The van der Waals surface area contributed by atoms with Gasteiger partial charge in [0.05, 0.1) is 12.2 Å². The molecule has 0 bridgehead atoms. The second kappa shape index (κ2) is 7.17. The first-order valence-electron chi connectivity index (χ1n) is 10.3. The molecule has 0 fully saturated rings. The van der Waals surface area contributed by atoms with Crippen molar-refractivity contribution in [2.45, 2.75) is 32.0 Å². The van der Waals surface area contributed by atoms with Crippen LogP contribution < -0.4 is 16.1 Å². The second-order valence-electron chi connectivity index (χ2n) is 7.59. The zero-order chi connectivity index (χ0) is 19.8. The number of hydrogen-bond acceptors (Lipinski definition) is 7. The summed E-state index contributed by atoms with van der Waals surface area (Å²) in [6.07, 6.45) is 3.44. The Labute approximate surface area is 170 Å². The Bertz CT molecular complexity index is 987. The molecule has 7 nitrogen and oxygen atoms in total. The van der Waals surface area contributed by atoms with E-state index >= 15 is 0 Å². The molecule has 3 aliphatic rings. The SMILES string of the molecule is CCOC1(CN2CCCCc3ccccc32)N=C2c3ccccc3N=C(N)N2N1. The van der Waals surface area contributed by atoms with E-state index in [1.165, 1.54) is 17.7 Å². The molecule has 0 radical (unpaired) electrons. The molecule has 2 aromatic rings. The number of amidine groups is 1. The number of nitrogens with zero attached hydrogens (tertiary/aromatic N) is 4. The maximum absolute atomic E-state index is 6.25. The standard InChI is InChI=1S/C22H26N6O/c1-2-29-22(15-27-14-8-7-10-16-9-3-6-13-19(16)27)25-20-17-11-4-5-12-18(17)24-21(23)28(20)26-22/h3-6,9,11-13,26H,2,7-8,10,14-15H2,1H3,(H2,23,24). The van der Waals surface area contributed by atoms with Gasteiger partial charge in [-0.3, -0.25) is 0 Å². The molecule has 0 aliphatic carbocycles. The highest BCUT2D eigenvalue weighted by Crippen LogP contribution is 2.33. The van der Waals surface area contributed by atoms with Crippen LogP contribution in [0.5, 0.6) is 0 Å². The van der Waals surface area contributed by atoms with Gasteiger partial charge in [-0.15, -0.1) is 0 Å². The molecule has 150 valence electrons. The minimum absolute atomic E-state index is 0.375. The van der Waals surface area contributed by atoms with E-state index in [1.54, 1.807) is 5.01 Å². The number of guanidine groups is 1. The lowest BCUT2D eigenvalue weighted by Gasteiger charge is -2.35. The molecule has 3 aliphatic heterocycles. The van der Waals surface area contributed by atoms with Crippen molar-refractivity contribution in [2.75, 3.05) is 24.6 Å². The Kier molecular flexibility index (Phi) is 4.49. The van der Waals surface area contributed by atoms with E-state index in [0.29, 0.717) is 19.1 Å². The lowest BCUT2D eigenvalue weighted by atomic mass is 10.1. The molecule has 2 aromatic carbocycles. The third kappa shape index (κ3) is 3.16. The summed E-state index contributed by atoms with van der Waals surface area (Å²) in [6, 6.07) is 16.5. The van der Waals surface area contributed by atoms with Crippen LogP contribution in [0, 0.1) is 0 Å². The maximum atomic E-state index is 6.25. The Balaban J connectivity index is 1.53. The third-order valence-corrected chi connectivity index (χ3v) is 5.64. The molecule has 0 spiro atoms. The average molecular weight is 390 g/mol. The predicted octanol–water partition coefficient (Wildman–Crippen LogP) is 2.75. The number of fused-ring (bicyclic) bond motifs is 4. The largest absolute Gasteiger partial charge is 0.368 e. The molecule has 3 N–H and O–H groups in total. The number of aryl methyl sites for hydroxylation is 1. The van der Waals surface area contributed by atoms with Crippen molar-refractivity contribution >= 4 is 23.2 Å². The number of rotatable bonds is 4. The van der Waals surface area contributed by atoms with Crippen LogP contribution in [0.15, 0.2) is 58.5 Å². The molecule has 5 rings (SSSR count). The summed E-state index contributed by atoms with van der Waals surface area (Å²) in [5, 5.41) is 1.75. The van der Waals surface area contributed by atoms with Crippen molar-refractivity contribution < 1.29 is 4.74 Å². The molecule has 1 unspecified atom stereocenters. The molecule has 3 heterocycles. The van der Waals surface area contributed by atoms with Crippen molar-refractivity contribution in [3.05, 3.63) is 59.7 Å². The first kappa shape index (κ1) is 18.1. The molecular formula is C22H26N6O. The number of anilines is 1. The highest BCUT2D eigenvalue weighted by molar-refractivity contribution is 6.15. The number of hydrogen-bond donors (Lipinski definition) is 2. The van der Waals surface area contributed by atoms with Crippen LogP contribution in [0.4, 0.5) is 11.4 Å². The molecule has 0 amide bonds. The van der Waals surface area contributed by atoms with Gasteiger partial charge in [-0.1, -0.05) is 30.3 Å². The summed E-state index contributed by atoms with van der Waals surface area (Å²) in [5.41, 5.74) is 14.1. The minimum atomic E-state index is -0.918. The third-order valence-electron chi connectivity index (χ3n) is 5.64. The molecular weight excluding hydrogens is 364 g/mol. The molecule has 29 heavy (non-hydrogen) atoms. The van der Waals surface area contributed by atoms with Crippen LogP contribution in [0.3, 0.4) is 0 Å². The number of nitrogens with one attached hydrogen (secondary N) is 1. The maximum Gasteiger partial charge on any atom is 0.253 e. The molecule has 7 heteroatoms. The zero-order valence-electron chi connectivity index (χ0n) is 16.6. The number of aliphatic imine (C=N–C) groups is 2. The van der Waals surface area contributed by atoms with Gasteiger partial charge in [-0.05, 0) is 49.9 Å². The van der Waals surface area contributed by atoms with Crippen molar-refractivity contribution in [1.29, 1.82) is 0 Å². The summed E-state index contributed by atoms with van der Waals surface area (Å²) in [5.74, 6) is 0.212. The first-order valence-corrected chi connectivity index (χ1v) is 10.3. The van der Waals surface area contributed by atoms with Gasteiger partial charge in [0, 0.05) is 24.4 Å². The van der Waals surface area contributed by atoms with E-state index in [4.69, 9.17) is 15.5 Å². The van der Waals surface area contributed by atoms with Gasteiger partial charge in [-0.2, -0.15) is 5.43 Å². The van der Waals surface area contributed by atoms with Gasteiger partial charge in [0.25, 0.3) is 5.85 Å². The smallest absolute Gasteiger partial charge is 0.253 e. The number of benzene rings is 2. The van der Waals surface area contributed by atoms with Crippen molar-refractivity contribution in [2.24, 2.45) is 15.7 Å². The fourth-order valence-corrected chi connectivity index (χ4v) is 4.37. The summed E-state index contributed by atoms with van der Waals surface area (Å²) in [4.78, 5) is 11.9. The Hall–Kier alpha value is -2.90. The van der Waals surface area contributed by atoms with Gasteiger partial charge in [0.15, 0.2) is 5.84 Å². The van der Waals surface area contributed by atoms with E-state index in [2.05, 4.69) is 39.6 Å². The first-order chi connectivity index (χ1) is 14.2. The summed E-state index contributed by atoms with van der Waals surface area (Å²) < 4.78 is 6.21. The number of hydrazine groups is 1. The highest BCUT2D eigenvalue weighted by atomic mass is 16.5. The molecule has 0 saturated carbocycles. The van der Waals surface area contributed by atoms with E-state index < -0.39 is 5.85 Å². The van der Waals surface area contributed by atoms with Gasteiger partial charge < -0.3 is 15.4 Å². The highest BCUT2D eigenvalue weighted by Gasteiger charge is 2.45. The number of ether oxygens (including phenoxy) is 1. The topological polar surface area (TPSA) is 78.5 Å². The quantitative estimate of drug-likeness (QED) is 0.839. The van der Waals surface area contributed by atoms with Crippen molar-refractivity contribution in [1.82, 2.24) is 10.4 Å². The summed E-state index contributed by atoms with van der Waals surface area (Å²) in [7, 11) is 0. The predicted molar refractivity (Wildman–Crippen MR) is 115 cm³/mol. The van der Waals surface area contributed by atoms with Crippen molar-refractivity contribution in [3.63, 3.8) is 0 Å². The summed E-state index contributed by atoms with van der Waals surface area (Å²) in [6.45, 7) is 4.08. The molecule has 1 atom stereocenters. The Morgan fingerprint density at radius 2 is 1.97 bits per heavy atom. The fourth-order valence-electron chi connectivity index (χ4n) is 4.37. The zero-order valence-corrected chi connectivity index (χ0v) is 16.6. The minimum Gasteiger partial charge on any atom is -0.368 e. The normalized spacial score (nSPS) is 22.9. The van der Waals surface area contributed by atoms with Gasteiger partial charge in [0.2, 0.25) is 5.96 Å². The van der Waals surface area contributed by atoms with Crippen LogP contribution in [-0.4, -0.2) is 42.3 Å². The molecule has 0 aromatic heterocycles. The van der Waals surface area contributed by atoms with Crippen LogP contribution in [0.25, 0.3) is 0 Å². The van der Waals surface area contributed by atoms with Crippen molar-refractivity contribution in [3.8, 4) is 0 Å². The monoisotopic (exact) mass is 390 g/mol. The van der Waals surface area contributed by atoms with Gasteiger partial charge in [0.1, 0.15) is 0 Å². The van der Waals surface area contributed by atoms with E-state index in [1.807, 2.05) is 31.2 Å². The second-order valence-corrected chi connectivity index (χ2v) is 7.59. The lowest BCUT2D eigenvalue weighted by Crippen LogP contribution is -2.59. The number of nitrogens with two attached hydrogens (primary N) is 1. The Morgan fingerprint density at radius 1 is 1.14 bits per heavy atom. The van der Waals surface area contributed by atoms with E-state index in [0.717, 1.165) is 36.5 Å². The van der Waals surface area contributed by atoms with Crippen LogP contribution in [0.2, 0.25) is 0 Å². The van der Waals surface area contributed by atoms with Crippen LogP contribution in [0.1, 0.15) is 30.9 Å². The van der Waals surface area contributed by atoms with E-state index in [-0.39, 0.29) is 0 Å². The lowest BCUT2D eigenvalue weighted by molar-refractivity contribution is -0.0623. The fraction of sp³-hybridized carbons (Fsp3) is 0.364. The number of para-hydroxylation sites is 2. The summed E-state index contributed by atoms with van der Waals surface area (Å²) >= 11 is 0. The van der Waals surface area contributed by atoms with Crippen LogP contribution >= 0.6 is 0 Å². The van der Waals surface area contributed by atoms with Gasteiger partial charge in [-0.25, -0.2) is 15.0 Å². The van der Waals surface area contributed by atoms with Crippen LogP contribution in [-0.2, 0) is 11.2 Å². The molecule has 0 saturated heterocycles. The Morgan fingerprint density at radius 3 is 2.86 bits per heavy atom. The van der Waals surface area contributed by atoms with E-state index in [9.17, 15) is 0 Å².